The van der Waals surface area contributed by atoms with E-state index in [1.807, 2.05) is 43.3 Å². The van der Waals surface area contributed by atoms with Crippen LogP contribution in [0.25, 0.3) is 0 Å². The molecule has 0 heterocycles. The number of benzene rings is 2. The Bertz CT molecular complexity index is 692. The molecule has 0 aliphatic rings. The van der Waals surface area contributed by atoms with Crippen LogP contribution < -0.4 is 20.1 Å². The minimum Gasteiger partial charge on any atom is -0.497 e. The summed E-state index contributed by atoms with van der Waals surface area (Å²) in [6.07, 6.45) is 0. The first-order valence-corrected chi connectivity index (χ1v) is 7.80. The second kappa shape index (κ2) is 7.47. The standard InChI is InChI=1S/C16H17BrN2O2S/c1-10-8-11(4-6-13(10)17)18-16(22)19-14-9-12(20-2)5-7-15(14)21-3/h4-9H,1-3H3,(H2,18,19,22). The highest BCUT2D eigenvalue weighted by Gasteiger charge is 2.07. The molecule has 2 rings (SSSR count). The number of hydrogen-bond acceptors (Lipinski definition) is 3. The van der Waals surface area contributed by atoms with Crippen molar-refractivity contribution in [3.05, 3.63) is 46.4 Å². The van der Waals surface area contributed by atoms with Crippen LogP contribution in [0.15, 0.2) is 40.9 Å². The smallest absolute Gasteiger partial charge is 0.175 e. The Kier molecular flexibility index (Phi) is 5.63. The fraction of sp³-hybridized carbons (Fsp3) is 0.188. The molecule has 0 amide bonds. The van der Waals surface area contributed by atoms with Crippen LogP contribution in [0.3, 0.4) is 0 Å². The molecular formula is C16H17BrN2O2S. The average molecular weight is 381 g/mol. The van der Waals surface area contributed by atoms with E-state index in [0.29, 0.717) is 10.9 Å². The van der Waals surface area contributed by atoms with Crippen molar-refractivity contribution in [3.8, 4) is 11.5 Å². The molecule has 4 nitrogen and oxygen atoms in total. The number of methoxy groups -OCH3 is 2. The van der Waals surface area contributed by atoms with Gasteiger partial charge in [-0.15, -0.1) is 0 Å². The molecule has 0 bridgehead atoms. The third-order valence-electron chi connectivity index (χ3n) is 3.07. The predicted molar refractivity (Wildman–Crippen MR) is 98.3 cm³/mol. The molecule has 0 aliphatic carbocycles. The van der Waals surface area contributed by atoms with Crippen molar-refractivity contribution in [2.24, 2.45) is 0 Å². The van der Waals surface area contributed by atoms with E-state index in [1.165, 1.54) is 0 Å². The van der Waals surface area contributed by atoms with Crippen LogP contribution in [-0.2, 0) is 0 Å². The third-order valence-corrected chi connectivity index (χ3v) is 4.16. The molecule has 2 aromatic rings. The van der Waals surface area contributed by atoms with Crippen LogP contribution in [0, 0.1) is 6.92 Å². The van der Waals surface area contributed by atoms with Gasteiger partial charge < -0.3 is 20.1 Å². The van der Waals surface area contributed by atoms with Crippen LogP contribution in [-0.4, -0.2) is 19.3 Å². The van der Waals surface area contributed by atoms with Crippen LogP contribution in [0.1, 0.15) is 5.56 Å². The summed E-state index contributed by atoms with van der Waals surface area (Å²) in [5, 5.41) is 6.75. The van der Waals surface area contributed by atoms with E-state index in [9.17, 15) is 0 Å². The second-order valence-electron chi connectivity index (χ2n) is 4.61. The second-order valence-corrected chi connectivity index (χ2v) is 5.87. The number of rotatable bonds is 4. The monoisotopic (exact) mass is 380 g/mol. The average Bonchev–Trinajstić information content (AvgIpc) is 2.50. The SMILES string of the molecule is COc1ccc(OC)c(NC(=S)Nc2ccc(Br)c(C)c2)c1. The highest BCUT2D eigenvalue weighted by atomic mass is 79.9. The molecule has 0 radical (unpaired) electrons. The molecule has 0 saturated carbocycles. The molecule has 2 N–H and O–H groups in total. The zero-order chi connectivity index (χ0) is 16.1. The Morgan fingerprint density at radius 2 is 1.82 bits per heavy atom. The minimum atomic E-state index is 0.480. The van der Waals surface area contributed by atoms with Crippen molar-refractivity contribution in [1.82, 2.24) is 0 Å². The normalized spacial score (nSPS) is 10.0. The van der Waals surface area contributed by atoms with Crippen molar-refractivity contribution in [2.45, 2.75) is 6.92 Å². The lowest BCUT2D eigenvalue weighted by Gasteiger charge is -2.15. The molecule has 116 valence electrons. The third kappa shape index (κ3) is 4.11. The van der Waals surface area contributed by atoms with Gasteiger partial charge in [-0.3, -0.25) is 0 Å². The molecule has 0 spiro atoms. The Balaban J connectivity index is 2.12. The van der Waals surface area contributed by atoms with Crippen molar-refractivity contribution in [1.29, 1.82) is 0 Å². The van der Waals surface area contributed by atoms with Gasteiger partial charge in [-0.25, -0.2) is 0 Å². The lowest BCUT2D eigenvalue weighted by atomic mass is 10.2. The molecular weight excluding hydrogens is 364 g/mol. The van der Waals surface area contributed by atoms with Crippen molar-refractivity contribution in [3.63, 3.8) is 0 Å². The molecule has 0 unspecified atom stereocenters. The number of nitrogens with one attached hydrogen (secondary N) is 2. The van der Waals surface area contributed by atoms with Crippen molar-refractivity contribution < 1.29 is 9.47 Å². The summed E-state index contributed by atoms with van der Waals surface area (Å²) in [7, 11) is 3.23. The highest BCUT2D eigenvalue weighted by Crippen LogP contribution is 2.29. The molecule has 2 aromatic carbocycles. The summed E-state index contributed by atoms with van der Waals surface area (Å²) < 4.78 is 11.6. The van der Waals surface area contributed by atoms with Gasteiger partial charge in [-0.05, 0) is 55.0 Å². The molecule has 0 saturated heterocycles. The Morgan fingerprint density at radius 3 is 2.45 bits per heavy atom. The summed E-state index contributed by atoms with van der Waals surface area (Å²) in [6.45, 7) is 2.02. The van der Waals surface area contributed by atoms with E-state index >= 15 is 0 Å². The van der Waals surface area contributed by atoms with E-state index in [2.05, 4.69) is 26.6 Å². The molecule has 0 atom stereocenters. The fourth-order valence-electron chi connectivity index (χ4n) is 1.92. The summed E-state index contributed by atoms with van der Waals surface area (Å²) in [5.41, 5.74) is 2.79. The summed E-state index contributed by atoms with van der Waals surface area (Å²) in [4.78, 5) is 0. The van der Waals surface area contributed by atoms with Crippen LogP contribution in [0.5, 0.6) is 11.5 Å². The fourth-order valence-corrected chi connectivity index (χ4v) is 2.39. The maximum atomic E-state index is 5.35. The number of halogens is 1. The maximum absolute atomic E-state index is 5.35. The van der Waals surface area contributed by atoms with Crippen LogP contribution in [0.4, 0.5) is 11.4 Å². The first-order valence-electron chi connectivity index (χ1n) is 6.59. The molecule has 0 fully saturated rings. The maximum Gasteiger partial charge on any atom is 0.175 e. The number of anilines is 2. The number of thiocarbonyl (C=S) groups is 1. The summed E-state index contributed by atoms with van der Waals surface area (Å²) in [5.74, 6) is 1.42. The summed E-state index contributed by atoms with van der Waals surface area (Å²) in [6, 6.07) is 11.4. The van der Waals surface area contributed by atoms with Crippen molar-refractivity contribution >= 4 is 44.6 Å². The topological polar surface area (TPSA) is 42.5 Å². The lowest BCUT2D eigenvalue weighted by molar-refractivity contribution is 0.405. The van der Waals surface area contributed by atoms with Gasteiger partial charge in [0.05, 0.1) is 19.9 Å². The van der Waals surface area contributed by atoms with Crippen LogP contribution in [0.2, 0.25) is 0 Å². The number of aryl methyl sites for hydroxylation is 1. The zero-order valence-electron chi connectivity index (χ0n) is 12.6. The Hall–Kier alpha value is -1.79. The number of hydrogen-bond donors (Lipinski definition) is 2. The summed E-state index contributed by atoms with van der Waals surface area (Å²) >= 11 is 8.83. The van der Waals surface area contributed by atoms with Gasteiger partial charge >= 0.3 is 0 Å². The van der Waals surface area contributed by atoms with Gasteiger partial charge in [-0.2, -0.15) is 0 Å². The van der Waals surface area contributed by atoms with E-state index in [-0.39, 0.29) is 0 Å². The molecule has 0 aromatic heterocycles. The molecule has 0 aliphatic heterocycles. The quantitative estimate of drug-likeness (QED) is 0.759. The molecule has 22 heavy (non-hydrogen) atoms. The van der Waals surface area contributed by atoms with Gasteiger partial charge in [-0.1, -0.05) is 15.9 Å². The van der Waals surface area contributed by atoms with Gasteiger partial charge in [0, 0.05) is 16.2 Å². The largest absolute Gasteiger partial charge is 0.497 e. The lowest BCUT2D eigenvalue weighted by Crippen LogP contribution is -2.19. The molecule has 6 heteroatoms. The van der Waals surface area contributed by atoms with E-state index < -0.39 is 0 Å². The zero-order valence-corrected chi connectivity index (χ0v) is 15.0. The van der Waals surface area contributed by atoms with Gasteiger partial charge in [0.1, 0.15) is 11.5 Å². The Labute approximate surface area is 144 Å². The van der Waals surface area contributed by atoms with Gasteiger partial charge in [0.2, 0.25) is 0 Å². The van der Waals surface area contributed by atoms with Gasteiger partial charge in [0.25, 0.3) is 0 Å². The predicted octanol–water partition coefficient (Wildman–Crippen LogP) is 4.58. The van der Waals surface area contributed by atoms with Crippen molar-refractivity contribution in [2.75, 3.05) is 24.9 Å². The Morgan fingerprint density at radius 1 is 1.05 bits per heavy atom. The number of ether oxygens (including phenoxy) is 2. The highest BCUT2D eigenvalue weighted by molar-refractivity contribution is 9.10. The first kappa shape index (κ1) is 16.6. The van der Waals surface area contributed by atoms with Crippen LogP contribution >= 0.6 is 28.1 Å². The minimum absolute atomic E-state index is 0.480. The van der Waals surface area contributed by atoms with E-state index in [4.69, 9.17) is 21.7 Å². The van der Waals surface area contributed by atoms with E-state index in [0.717, 1.165) is 27.2 Å². The van der Waals surface area contributed by atoms with Gasteiger partial charge in [0.15, 0.2) is 5.11 Å². The van der Waals surface area contributed by atoms with E-state index in [1.54, 1.807) is 14.2 Å². The first-order chi connectivity index (χ1) is 10.5.